The minimum Gasteiger partial charge on any atom is -0.494 e. The molecule has 0 spiro atoms. The van der Waals surface area contributed by atoms with Crippen LogP contribution in [-0.2, 0) is 14.9 Å². The van der Waals surface area contributed by atoms with Gasteiger partial charge in [0.2, 0.25) is 0 Å². The van der Waals surface area contributed by atoms with Crippen LogP contribution >= 0.6 is 0 Å². The molecule has 25 heavy (non-hydrogen) atoms. The molecule has 0 saturated carbocycles. The number of hydrogen-bond donors (Lipinski definition) is 1. The Morgan fingerprint density at radius 1 is 1.32 bits per heavy atom. The lowest BCUT2D eigenvalue weighted by Crippen LogP contribution is -2.41. The average molecular weight is 347 g/mol. The maximum atomic E-state index is 11.8. The summed E-state index contributed by atoms with van der Waals surface area (Å²) in [7, 11) is 0. The molecule has 1 atom stereocenters. The highest BCUT2D eigenvalue weighted by Gasteiger charge is 2.41. The van der Waals surface area contributed by atoms with Gasteiger partial charge in [0.25, 0.3) is 0 Å². The number of carboxylic acids is 1. The average Bonchev–Trinajstić information content (AvgIpc) is 3.04. The highest BCUT2D eigenvalue weighted by molar-refractivity contribution is 5.81. The second kappa shape index (κ2) is 8.19. The monoisotopic (exact) mass is 347 g/mol. The summed E-state index contributed by atoms with van der Waals surface area (Å²) < 4.78 is 11.2. The standard InChI is InChI=1S/C20H29NO4/c1-16-4-2-11-21(16)12-3-13-25-18-7-5-17(6-8-18)20(19(22)23)9-14-24-15-10-20/h5-8,16H,2-4,9-15H2,1H3,(H,22,23)/t16-/m1/s1. The van der Waals surface area contributed by atoms with E-state index in [1.54, 1.807) is 0 Å². The fourth-order valence-electron chi connectivity index (χ4n) is 4.00. The lowest BCUT2D eigenvalue weighted by molar-refractivity contribution is -0.147. The molecule has 0 unspecified atom stereocenters. The van der Waals surface area contributed by atoms with E-state index in [0.717, 1.165) is 24.3 Å². The third-order valence-electron chi connectivity index (χ3n) is 5.71. The van der Waals surface area contributed by atoms with Crippen molar-refractivity contribution in [1.29, 1.82) is 0 Å². The smallest absolute Gasteiger partial charge is 0.314 e. The highest BCUT2D eigenvalue weighted by Crippen LogP contribution is 2.36. The summed E-state index contributed by atoms with van der Waals surface area (Å²) in [5.41, 5.74) is 0.0319. The van der Waals surface area contributed by atoms with Crippen LogP contribution in [0.1, 0.15) is 44.6 Å². The first-order valence-electron chi connectivity index (χ1n) is 9.40. The van der Waals surface area contributed by atoms with Crippen molar-refractivity contribution in [3.63, 3.8) is 0 Å². The molecule has 0 aliphatic carbocycles. The fourth-order valence-corrected chi connectivity index (χ4v) is 4.00. The number of ether oxygens (including phenoxy) is 2. The van der Waals surface area contributed by atoms with E-state index in [2.05, 4.69) is 11.8 Å². The minimum absolute atomic E-state index is 0.499. The van der Waals surface area contributed by atoms with Crippen LogP contribution in [-0.4, -0.2) is 54.9 Å². The Morgan fingerprint density at radius 2 is 2.04 bits per heavy atom. The molecule has 2 saturated heterocycles. The third-order valence-corrected chi connectivity index (χ3v) is 5.71. The van der Waals surface area contributed by atoms with Gasteiger partial charge in [0.1, 0.15) is 5.75 Å². The zero-order valence-corrected chi connectivity index (χ0v) is 15.1. The van der Waals surface area contributed by atoms with Gasteiger partial charge in [0.05, 0.1) is 12.0 Å². The number of hydrogen-bond acceptors (Lipinski definition) is 4. The molecule has 2 aliphatic heterocycles. The molecule has 138 valence electrons. The molecule has 0 radical (unpaired) electrons. The Labute approximate surface area is 149 Å². The number of rotatable bonds is 7. The second-order valence-corrected chi connectivity index (χ2v) is 7.25. The summed E-state index contributed by atoms with van der Waals surface area (Å²) in [5.74, 6) is 0.0509. The number of nitrogens with zero attached hydrogens (tertiary/aromatic N) is 1. The van der Waals surface area contributed by atoms with E-state index < -0.39 is 11.4 Å². The third kappa shape index (κ3) is 4.15. The van der Waals surface area contributed by atoms with E-state index in [9.17, 15) is 9.90 Å². The fraction of sp³-hybridized carbons (Fsp3) is 0.650. The van der Waals surface area contributed by atoms with Crippen molar-refractivity contribution in [2.24, 2.45) is 0 Å². The van der Waals surface area contributed by atoms with E-state index >= 15 is 0 Å². The maximum Gasteiger partial charge on any atom is 0.314 e. The predicted octanol–water partition coefficient (Wildman–Crippen LogP) is 3.07. The van der Waals surface area contributed by atoms with Gasteiger partial charge in [0, 0.05) is 25.8 Å². The molecule has 0 amide bonds. The number of carboxylic acid groups (broad SMARTS) is 1. The van der Waals surface area contributed by atoms with Crippen LogP contribution in [0.25, 0.3) is 0 Å². The van der Waals surface area contributed by atoms with E-state index in [4.69, 9.17) is 9.47 Å². The molecule has 5 nitrogen and oxygen atoms in total. The van der Waals surface area contributed by atoms with Gasteiger partial charge in [-0.15, -0.1) is 0 Å². The van der Waals surface area contributed by atoms with Crippen molar-refractivity contribution in [3.8, 4) is 5.75 Å². The lowest BCUT2D eigenvalue weighted by Gasteiger charge is -2.33. The Morgan fingerprint density at radius 3 is 2.64 bits per heavy atom. The summed E-state index contributed by atoms with van der Waals surface area (Å²) in [5, 5.41) is 9.72. The van der Waals surface area contributed by atoms with E-state index in [1.165, 1.54) is 19.4 Å². The molecule has 3 rings (SSSR count). The van der Waals surface area contributed by atoms with Crippen LogP contribution in [0, 0.1) is 0 Å². The zero-order chi connectivity index (χ0) is 17.7. The minimum atomic E-state index is -0.817. The van der Waals surface area contributed by atoms with Gasteiger partial charge in [-0.3, -0.25) is 4.79 Å². The van der Waals surface area contributed by atoms with Gasteiger partial charge in [-0.2, -0.15) is 0 Å². The van der Waals surface area contributed by atoms with Gasteiger partial charge in [-0.25, -0.2) is 0 Å². The van der Waals surface area contributed by atoms with Gasteiger partial charge in [0.15, 0.2) is 0 Å². The Balaban J connectivity index is 1.52. The molecule has 0 aromatic heterocycles. The van der Waals surface area contributed by atoms with Gasteiger partial charge in [-0.05, 0) is 63.3 Å². The van der Waals surface area contributed by atoms with Crippen LogP contribution in [0.5, 0.6) is 5.75 Å². The first-order valence-corrected chi connectivity index (χ1v) is 9.40. The first-order chi connectivity index (χ1) is 12.1. The predicted molar refractivity (Wildman–Crippen MR) is 96.2 cm³/mol. The Kier molecular flexibility index (Phi) is 5.97. The second-order valence-electron chi connectivity index (χ2n) is 7.25. The number of carbonyl (C=O) groups is 1. The molecule has 2 aliphatic rings. The highest BCUT2D eigenvalue weighted by atomic mass is 16.5. The summed E-state index contributed by atoms with van der Waals surface area (Å²) >= 11 is 0. The Hall–Kier alpha value is -1.59. The molecule has 0 bridgehead atoms. The van der Waals surface area contributed by atoms with Crippen molar-refractivity contribution in [1.82, 2.24) is 4.90 Å². The van der Waals surface area contributed by atoms with Gasteiger partial charge >= 0.3 is 5.97 Å². The van der Waals surface area contributed by atoms with E-state index in [0.29, 0.717) is 38.7 Å². The van der Waals surface area contributed by atoms with Crippen molar-refractivity contribution < 1.29 is 19.4 Å². The molecule has 5 heteroatoms. The Bertz CT molecular complexity index is 566. The molecule has 1 N–H and O–H groups in total. The van der Waals surface area contributed by atoms with Crippen LogP contribution < -0.4 is 4.74 Å². The first kappa shape index (κ1) is 18.2. The van der Waals surface area contributed by atoms with Crippen molar-refractivity contribution in [2.75, 3.05) is 32.9 Å². The molecule has 2 fully saturated rings. The summed E-state index contributed by atoms with van der Waals surface area (Å²) in [6.07, 6.45) is 4.67. The van der Waals surface area contributed by atoms with Crippen LogP contribution in [0.15, 0.2) is 24.3 Å². The maximum absolute atomic E-state index is 11.8. The molecule has 1 aromatic carbocycles. The molecule has 1 aromatic rings. The lowest BCUT2D eigenvalue weighted by atomic mass is 9.74. The normalized spacial score (nSPS) is 23.5. The van der Waals surface area contributed by atoms with Gasteiger partial charge in [-0.1, -0.05) is 12.1 Å². The molecule has 2 heterocycles. The van der Waals surface area contributed by atoms with Gasteiger partial charge < -0.3 is 19.5 Å². The molecular formula is C20H29NO4. The summed E-state index contributed by atoms with van der Waals surface area (Å²) in [4.78, 5) is 14.4. The van der Waals surface area contributed by atoms with Crippen LogP contribution in [0.4, 0.5) is 0 Å². The summed E-state index contributed by atoms with van der Waals surface area (Å²) in [6, 6.07) is 8.29. The van der Waals surface area contributed by atoms with Crippen LogP contribution in [0.2, 0.25) is 0 Å². The number of benzene rings is 1. The van der Waals surface area contributed by atoms with E-state index in [1.807, 2.05) is 24.3 Å². The van der Waals surface area contributed by atoms with Crippen molar-refractivity contribution in [3.05, 3.63) is 29.8 Å². The molecular weight excluding hydrogens is 318 g/mol. The van der Waals surface area contributed by atoms with Crippen LogP contribution in [0.3, 0.4) is 0 Å². The van der Waals surface area contributed by atoms with E-state index in [-0.39, 0.29) is 0 Å². The zero-order valence-electron chi connectivity index (χ0n) is 15.1. The summed E-state index contributed by atoms with van der Waals surface area (Å²) in [6.45, 7) is 6.28. The van der Waals surface area contributed by atoms with Crippen molar-refractivity contribution >= 4 is 5.97 Å². The largest absolute Gasteiger partial charge is 0.494 e. The topological polar surface area (TPSA) is 59.0 Å². The number of likely N-dealkylation sites (tertiary alicyclic amines) is 1. The SMILES string of the molecule is C[C@@H]1CCCN1CCCOc1ccc(C2(C(=O)O)CCOCC2)cc1. The number of aliphatic carboxylic acids is 1. The quantitative estimate of drug-likeness (QED) is 0.768. The van der Waals surface area contributed by atoms with Crippen molar-refractivity contribution in [2.45, 2.75) is 50.5 Å².